The fraction of sp³-hybridized carbons (Fsp3) is 0.125. The van der Waals surface area contributed by atoms with E-state index in [1.54, 1.807) is 30.8 Å². The molecule has 0 saturated carbocycles. The van der Waals surface area contributed by atoms with Crippen molar-refractivity contribution in [3.8, 4) is 6.07 Å². The lowest BCUT2D eigenvalue weighted by Crippen LogP contribution is -2.32. The van der Waals surface area contributed by atoms with Crippen LogP contribution in [0.15, 0.2) is 58.3 Å². The van der Waals surface area contributed by atoms with E-state index in [-0.39, 0.29) is 5.91 Å². The zero-order valence-corrected chi connectivity index (χ0v) is 12.4. The van der Waals surface area contributed by atoms with Gasteiger partial charge in [-0.2, -0.15) is 5.26 Å². The van der Waals surface area contributed by atoms with E-state index in [0.29, 0.717) is 5.56 Å². The molecule has 1 amide bonds. The minimum absolute atomic E-state index is 0.212. The van der Waals surface area contributed by atoms with E-state index in [1.165, 1.54) is 0 Å². The second kappa shape index (κ2) is 6.93. The van der Waals surface area contributed by atoms with Crippen LogP contribution in [0.4, 0.5) is 5.69 Å². The van der Waals surface area contributed by atoms with Gasteiger partial charge in [0.05, 0.1) is 17.7 Å². The third-order valence-electron chi connectivity index (χ3n) is 2.73. The van der Waals surface area contributed by atoms with E-state index in [9.17, 15) is 4.79 Å². The maximum atomic E-state index is 11.6. The summed E-state index contributed by atoms with van der Waals surface area (Å²) in [5, 5.41) is 11.5. The zero-order chi connectivity index (χ0) is 15.2. The van der Waals surface area contributed by atoms with E-state index >= 15 is 0 Å². The quantitative estimate of drug-likeness (QED) is 0.909. The first-order valence-electron chi connectivity index (χ1n) is 6.43. The molecule has 0 heterocycles. The highest BCUT2D eigenvalue weighted by molar-refractivity contribution is 7.99. The van der Waals surface area contributed by atoms with Crippen LogP contribution in [0.3, 0.4) is 0 Å². The van der Waals surface area contributed by atoms with Gasteiger partial charge < -0.3 is 11.1 Å². The van der Waals surface area contributed by atoms with Crippen LogP contribution in [-0.4, -0.2) is 11.9 Å². The molecule has 21 heavy (non-hydrogen) atoms. The predicted octanol–water partition coefficient (Wildman–Crippen LogP) is 3.00. The van der Waals surface area contributed by atoms with E-state index in [4.69, 9.17) is 11.0 Å². The molecule has 3 N–H and O–H groups in total. The molecular formula is C16H15N3OS. The maximum absolute atomic E-state index is 11.6. The fourth-order valence-electron chi connectivity index (χ4n) is 1.63. The maximum Gasteiger partial charge on any atom is 0.240 e. The molecular weight excluding hydrogens is 282 g/mol. The first kappa shape index (κ1) is 15.1. The highest BCUT2D eigenvalue weighted by Crippen LogP contribution is 2.29. The monoisotopic (exact) mass is 297 g/mol. The van der Waals surface area contributed by atoms with E-state index in [0.717, 1.165) is 15.5 Å². The van der Waals surface area contributed by atoms with Crippen LogP contribution < -0.4 is 11.1 Å². The number of benzene rings is 2. The van der Waals surface area contributed by atoms with Crippen molar-refractivity contribution in [2.24, 2.45) is 5.73 Å². The van der Waals surface area contributed by atoms with Gasteiger partial charge >= 0.3 is 0 Å². The van der Waals surface area contributed by atoms with Crippen LogP contribution >= 0.6 is 11.8 Å². The number of carbonyl (C=O) groups is 1. The molecule has 0 fully saturated rings. The zero-order valence-electron chi connectivity index (χ0n) is 11.5. The van der Waals surface area contributed by atoms with Gasteiger partial charge in [-0.3, -0.25) is 4.79 Å². The Labute approximate surface area is 128 Å². The van der Waals surface area contributed by atoms with Crippen LogP contribution in [0.5, 0.6) is 0 Å². The molecule has 106 valence electrons. The van der Waals surface area contributed by atoms with Gasteiger partial charge in [0.1, 0.15) is 0 Å². The van der Waals surface area contributed by atoms with Crippen molar-refractivity contribution >= 4 is 23.4 Å². The topological polar surface area (TPSA) is 78.9 Å². The molecule has 2 aromatic carbocycles. The Bertz CT molecular complexity index is 675. The Morgan fingerprint density at radius 3 is 2.57 bits per heavy atom. The average Bonchev–Trinajstić information content (AvgIpc) is 2.48. The molecule has 0 aliphatic rings. The average molecular weight is 297 g/mol. The molecule has 5 heteroatoms. The van der Waals surface area contributed by atoms with Gasteiger partial charge in [0, 0.05) is 15.5 Å². The number of carbonyl (C=O) groups excluding carboxylic acids is 1. The van der Waals surface area contributed by atoms with Gasteiger partial charge in [0.2, 0.25) is 5.91 Å². The molecule has 1 unspecified atom stereocenters. The Morgan fingerprint density at radius 2 is 1.95 bits per heavy atom. The number of amides is 1. The lowest BCUT2D eigenvalue weighted by atomic mass is 10.2. The Kier molecular flexibility index (Phi) is 4.99. The molecule has 0 aromatic heterocycles. The molecule has 4 nitrogen and oxygen atoms in total. The van der Waals surface area contributed by atoms with Crippen molar-refractivity contribution in [3.05, 3.63) is 54.1 Å². The Hall–Kier alpha value is -2.29. The minimum Gasteiger partial charge on any atom is -0.325 e. The number of rotatable bonds is 4. The summed E-state index contributed by atoms with van der Waals surface area (Å²) in [7, 11) is 0. The molecule has 0 radical (unpaired) electrons. The highest BCUT2D eigenvalue weighted by atomic mass is 32.2. The summed E-state index contributed by atoms with van der Waals surface area (Å²) in [6, 6.07) is 16.5. The van der Waals surface area contributed by atoms with Gasteiger partial charge in [-0.1, -0.05) is 17.8 Å². The number of nitrogens with two attached hydrogens (primary N) is 1. The molecule has 2 rings (SSSR count). The Balaban J connectivity index is 2.10. The van der Waals surface area contributed by atoms with Gasteiger partial charge in [0.15, 0.2) is 0 Å². The van der Waals surface area contributed by atoms with Crippen LogP contribution in [-0.2, 0) is 4.79 Å². The number of nitrogens with zero attached hydrogens (tertiary/aromatic N) is 1. The molecule has 1 atom stereocenters. The molecule has 2 aromatic rings. The number of anilines is 1. The van der Waals surface area contributed by atoms with Gasteiger partial charge in [-0.25, -0.2) is 0 Å². The van der Waals surface area contributed by atoms with Crippen molar-refractivity contribution in [1.82, 2.24) is 0 Å². The lowest BCUT2D eigenvalue weighted by molar-refractivity contribution is -0.117. The Morgan fingerprint density at radius 1 is 1.24 bits per heavy atom. The summed E-state index contributed by atoms with van der Waals surface area (Å²) < 4.78 is 0. The van der Waals surface area contributed by atoms with E-state index in [1.807, 2.05) is 36.4 Å². The number of nitrogens with one attached hydrogen (secondary N) is 1. The first-order valence-corrected chi connectivity index (χ1v) is 7.24. The lowest BCUT2D eigenvalue weighted by Gasteiger charge is -2.09. The van der Waals surface area contributed by atoms with Crippen molar-refractivity contribution in [2.45, 2.75) is 22.8 Å². The summed E-state index contributed by atoms with van der Waals surface area (Å²) in [5.41, 5.74) is 6.88. The van der Waals surface area contributed by atoms with Crippen molar-refractivity contribution in [3.63, 3.8) is 0 Å². The smallest absolute Gasteiger partial charge is 0.240 e. The number of hydrogen-bond donors (Lipinski definition) is 2. The third-order valence-corrected chi connectivity index (χ3v) is 3.73. The molecule has 0 bridgehead atoms. The minimum atomic E-state index is -0.542. The summed E-state index contributed by atoms with van der Waals surface area (Å²) in [5.74, 6) is -0.212. The SMILES string of the molecule is CC(N)C(=O)Nc1cccc(Sc2ccc(C#N)cc2)c1. The van der Waals surface area contributed by atoms with Gasteiger partial charge in [0.25, 0.3) is 0 Å². The largest absolute Gasteiger partial charge is 0.325 e. The molecule has 0 aliphatic carbocycles. The van der Waals surface area contributed by atoms with Crippen LogP contribution in [0.1, 0.15) is 12.5 Å². The summed E-state index contributed by atoms with van der Waals surface area (Å²) in [4.78, 5) is 13.6. The van der Waals surface area contributed by atoms with Crippen LogP contribution in [0.2, 0.25) is 0 Å². The fourth-order valence-corrected chi connectivity index (χ4v) is 2.50. The van der Waals surface area contributed by atoms with Crippen molar-refractivity contribution in [1.29, 1.82) is 5.26 Å². The van der Waals surface area contributed by atoms with E-state index < -0.39 is 6.04 Å². The van der Waals surface area contributed by atoms with Crippen LogP contribution in [0, 0.1) is 11.3 Å². The molecule has 0 aliphatic heterocycles. The van der Waals surface area contributed by atoms with Gasteiger partial charge in [-0.15, -0.1) is 0 Å². The summed E-state index contributed by atoms with van der Waals surface area (Å²) >= 11 is 1.56. The second-order valence-electron chi connectivity index (χ2n) is 4.54. The number of hydrogen-bond acceptors (Lipinski definition) is 4. The predicted molar refractivity (Wildman–Crippen MR) is 84.0 cm³/mol. The van der Waals surface area contributed by atoms with Gasteiger partial charge in [-0.05, 0) is 49.4 Å². The normalized spacial score (nSPS) is 11.5. The summed E-state index contributed by atoms with van der Waals surface area (Å²) in [6.45, 7) is 1.64. The van der Waals surface area contributed by atoms with Crippen LogP contribution in [0.25, 0.3) is 0 Å². The highest BCUT2D eigenvalue weighted by Gasteiger charge is 2.07. The second-order valence-corrected chi connectivity index (χ2v) is 5.69. The molecule has 0 spiro atoms. The number of nitriles is 1. The summed E-state index contributed by atoms with van der Waals surface area (Å²) in [6.07, 6.45) is 0. The van der Waals surface area contributed by atoms with Crippen molar-refractivity contribution in [2.75, 3.05) is 5.32 Å². The standard InChI is InChI=1S/C16H15N3OS/c1-11(18)16(20)19-13-3-2-4-15(9-13)21-14-7-5-12(10-17)6-8-14/h2-9,11H,18H2,1H3,(H,19,20). The molecule has 0 saturated heterocycles. The first-order chi connectivity index (χ1) is 10.1. The third kappa shape index (κ3) is 4.35. The van der Waals surface area contributed by atoms with Crippen molar-refractivity contribution < 1.29 is 4.79 Å². The van der Waals surface area contributed by atoms with E-state index in [2.05, 4.69) is 11.4 Å².